The number of aromatic nitrogens is 1. The molecule has 6 heteroatoms. The number of hydrogen-bond donors (Lipinski definition) is 2. The lowest BCUT2D eigenvalue weighted by Crippen LogP contribution is -3.00. The fourth-order valence-electron chi connectivity index (χ4n) is 3.33. The maximum atomic E-state index is 12.5. The topological polar surface area (TPSA) is 54.0 Å². The van der Waals surface area contributed by atoms with Gasteiger partial charge in [-0.15, -0.1) is 6.58 Å². The number of hydrogen-bond acceptors (Lipinski definition) is 3. The van der Waals surface area contributed by atoms with E-state index in [2.05, 4.69) is 22.2 Å². The van der Waals surface area contributed by atoms with Crippen LogP contribution in [0.5, 0.6) is 0 Å². The molecule has 1 saturated carbocycles. The van der Waals surface area contributed by atoms with Crippen molar-refractivity contribution in [3.63, 3.8) is 0 Å². The van der Waals surface area contributed by atoms with E-state index in [9.17, 15) is 4.79 Å². The van der Waals surface area contributed by atoms with Crippen LogP contribution < -0.4 is 35.4 Å². The summed E-state index contributed by atoms with van der Waals surface area (Å²) in [6.07, 6.45) is 8.68. The van der Waals surface area contributed by atoms with Gasteiger partial charge in [0, 0.05) is 17.3 Å². The van der Waals surface area contributed by atoms with Crippen LogP contribution in [0.4, 0.5) is 5.69 Å². The Balaban J connectivity index is 0.00000169. The van der Waals surface area contributed by atoms with Gasteiger partial charge in [0.1, 0.15) is 0 Å². The van der Waals surface area contributed by atoms with E-state index >= 15 is 0 Å². The van der Waals surface area contributed by atoms with Crippen LogP contribution in [0.2, 0.25) is 0 Å². The first-order valence-corrected chi connectivity index (χ1v) is 8.76. The van der Waals surface area contributed by atoms with Gasteiger partial charge in [0.15, 0.2) is 0 Å². The monoisotopic (exact) mass is 393 g/mol. The highest BCUT2D eigenvalue weighted by Gasteiger charge is 2.26. The van der Waals surface area contributed by atoms with Gasteiger partial charge < -0.3 is 35.4 Å². The van der Waals surface area contributed by atoms with Crippen molar-refractivity contribution in [2.24, 2.45) is 5.92 Å². The minimum atomic E-state index is 0. The zero-order chi connectivity index (χ0) is 16.8. The smallest absolute Gasteiger partial charge is 0.227 e. The Labute approximate surface area is 167 Å². The lowest BCUT2D eigenvalue weighted by molar-refractivity contribution is -0.120. The first-order chi connectivity index (χ1) is 11.8. The van der Waals surface area contributed by atoms with Crippen molar-refractivity contribution in [2.75, 3.05) is 11.9 Å². The largest absolute Gasteiger partial charge is 1.00 e. The Morgan fingerprint density at radius 1 is 1.19 bits per heavy atom. The van der Waals surface area contributed by atoms with Crippen molar-refractivity contribution in [2.45, 2.75) is 38.1 Å². The Bertz CT molecular complexity index is 715. The van der Waals surface area contributed by atoms with Gasteiger partial charge >= 0.3 is 0 Å². The molecule has 1 aromatic carbocycles. The summed E-state index contributed by atoms with van der Waals surface area (Å²) >= 11 is 0. The van der Waals surface area contributed by atoms with Gasteiger partial charge in [0.25, 0.3) is 0 Å². The van der Waals surface area contributed by atoms with Crippen LogP contribution in [0, 0.1) is 5.92 Å². The highest BCUT2D eigenvalue weighted by Crippen LogP contribution is 2.26. The molecule has 0 spiro atoms. The van der Waals surface area contributed by atoms with Crippen molar-refractivity contribution in [3.8, 4) is 0 Å². The lowest BCUT2D eigenvalue weighted by Gasteiger charge is -2.28. The van der Waals surface area contributed by atoms with E-state index in [0.717, 1.165) is 55.2 Å². The number of anilines is 1. The van der Waals surface area contributed by atoms with E-state index in [1.807, 2.05) is 36.4 Å². The van der Waals surface area contributed by atoms with E-state index in [1.54, 1.807) is 6.20 Å². The molecule has 3 rings (SSSR count). The number of pyridine rings is 1. The Hall–Kier alpha value is -1.62. The minimum Gasteiger partial charge on any atom is -1.00 e. The summed E-state index contributed by atoms with van der Waals surface area (Å²) in [5, 5.41) is 7.62. The molecular formula is C20H25Cl2N3O-2. The summed E-state index contributed by atoms with van der Waals surface area (Å²) in [4.78, 5) is 16.9. The minimum absolute atomic E-state index is 0. The lowest BCUT2D eigenvalue weighted by atomic mass is 9.85. The van der Waals surface area contributed by atoms with E-state index in [-0.39, 0.29) is 36.6 Å². The average molecular weight is 394 g/mol. The number of carbonyl (C=O) groups excluding carboxylic acids is 1. The predicted octanol–water partition coefficient (Wildman–Crippen LogP) is -2.09. The molecule has 1 amide bonds. The second-order valence-electron chi connectivity index (χ2n) is 6.49. The van der Waals surface area contributed by atoms with Crippen LogP contribution in [0.25, 0.3) is 10.9 Å². The third-order valence-electron chi connectivity index (χ3n) is 4.74. The van der Waals surface area contributed by atoms with Crippen LogP contribution >= 0.6 is 0 Å². The normalized spacial score (nSPS) is 19.1. The molecule has 4 nitrogen and oxygen atoms in total. The molecule has 26 heavy (non-hydrogen) atoms. The van der Waals surface area contributed by atoms with E-state index in [4.69, 9.17) is 0 Å². The zero-order valence-corrected chi connectivity index (χ0v) is 16.3. The molecule has 0 aliphatic heterocycles. The van der Waals surface area contributed by atoms with E-state index in [0.29, 0.717) is 6.04 Å². The number of nitrogens with zero attached hydrogens (tertiary/aromatic N) is 1. The maximum absolute atomic E-state index is 12.5. The summed E-state index contributed by atoms with van der Waals surface area (Å²) in [5.41, 5.74) is 1.73. The first kappa shape index (κ1) is 22.4. The van der Waals surface area contributed by atoms with Crippen molar-refractivity contribution in [1.29, 1.82) is 0 Å². The van der Waals surface area contributed by atoms with Crippen LogP contribution in [0.3, 0.4) is 0 Å². The number of halogens is 2. The second-order valence-corrected chi connectivity index (χ2v) is 6.49. The number of nitrogens with one attached hydrogen (secondary N) is 2. The molecule has 0 atom stereocenters. The maximum Gasteiger partial charge on any atom is 0.227 e. The zero-order valence-electron chi connectivity index (χ0n) is 14.8. The summed E-state index contributed by atoms with van der Waals surface area (Å²) in [7, 11) is 0. The highest BCUT2D eigenvalue weighted by molar-refractivity contribution is 5.94. The summed E-state index contributed by atoms with van der Waals surface area (Å²) < 4.78 is 0. The quantitative estimate of drug-likeness (QED) is 0.436. The number of fused-ring (bicyclic) bond motifs is 1. The van der Waals surface area contributed by atoms with E-state index < -0.39 is 0 Å². The standard InChI is InChI=1S/C20H25N3O.2ClH/c1-2-3-12-21-17-10-8-15(9-11-17)20(24)23-18-13-16-6-4-5-7-19(16)22-14-18;;/h2,4-7,13-15,17,21H,1,3,8-12H2,(H,23,24);2*1H/p-2. The summed E-state index contributed by atoms with van der Waals surface area (Å²) in [6, 6.07) is 10.5. The molecule has 1 heterocycles. The van der Waals surface area contributed by atoms with Gasteiger partial charge in [-0.2, -0.15) is 0 Å². The third kappa shape index (κ3) is 5.97. The van der Waals surface area contributed by atoms with Gasteiger partial charge in [0.05, 0.1) is 17.4 Å². The van der Waals surface area contributed by atoms with Crippen LogP contribution in [0.15, 0.2) is 49.2 Å². The van der Waals surface area contributed by atoms with Gasteiger partial charge in [0.2, 0.25) is 5.91 Å². The van der Waals surface area contributed by atoms with Gasteiger partial charge in [-0.05, 0) is 50.8 Å². The molecule has 1 aliphatic rings. The Kier molecular flexibility index (Phi) is 9.63. The first-order valence-electron chi connectivity index (χ1n) is 8.76. The van der Waals surface area contributed by atoms with Crippen LogP contribution in [-0.2, 0) is 4.79 Å². The number of amides is 1. The van der Waals surface area contributed by atoms with Crippen LogP contribution in [0.1, 0.15) is 32.1 Å². The van der Waals surface area contributed by atoms with Crippen molar-refractivity contribution in [1.82, 2.24) is 10.3 Å². The van der Waals surface area contributed by atoms with Gasteiger partial charge in [-0.1, -0.05) is 24.3 Å². The number of rotatable bonds is 6. The van der Waals surface area contributed by atoms with Gasteiger partial charge in [-0.3, -0.25) is 9.78 Å². The SMILES string of the molecule is C=CCCNC1CCC(C(=O)Nc2cnc3ccccc3c2)CC1.[Cl-].[Cl-]. The Morgan fingerprint density at radius 2 is 1.92 bits per heavy atom. The van der Waals surface area contributed by atoms with Crippen molar-refractivity contribution >= 4 is 22.5 Å². The van der Waals surface area contributed by atoms with Crippen molar-refractivity contribution < 1.29 is 29.6 Å². The molecule has 2 aromatic rings. The molecule has 0 unspecified atom stereocenters. The van der Waals surface area contributed by atoms with Crippen molar-refractivity contribution in [3.05, 3.63) is 49.2 Å². The molecule has 0 radical (unpaired) electrons. The number of carbonyl (C=O) groups is 1. The second kappa shape index (κ2) is 11.2. The molecule has 0 bridgehead atoms. The predicted molar refractivity (Wildman–Crippen MR) is 98.9 cm³/mol. The molecule has 1 aromatic heterocycles. The summed E-state index contributed by atoms with van der Waals surface area (Å²) in [5.74, 6) is 0.227. The molecule has 1 aliphatic carbocycles. The number of benzene rings is 1. The molecule has 2 N–H and O–H groups in total. The van der Waals surface area contributed by atoms with Gasteiger partial charge in [-0.25, -0.2) is 0 Å². The van der Waals surface area contributed by atoms with E-state index in [1.165, 1.54) is 0 Å². The number of para-hydroxylation sites is 1. The molecule has 1 fully saturated rings. The fourth-order valence-corrected chi connectivity index (χ4v) is 3.33. The molecule has 0 saturated heterocycles. The molecule has 142 valence electrons. The Morgan fingerprint density at radius 3 is 2.65 bits per heavy atom. The fraction of sp³-hybridized carbons (Fsp3) is 0.400. The third-order valence-corrected chi connectivity index (χ3v) is 4.74. The van der Waals surface area contributed by atoms with Crippen LogP contribution in [-0.4, -0.2) is 23.5 Å². The molecular weight excluding hydrogens is 369 g/mol. The average Bonchev–Trinajstić information content (AvgIpc) is 2.62. The highest BCUT2D eigenvalue weighted by atomic mass is 35.5. The summed E-state index contributed by atoms with van der Waals surface area (Å²) in [6.45, 7) is 4.72.